The molecule has 8 nitrogen and oxygen atoms in total. The molecule has 0 aliphatic rings. The van der Waals surface area contributed by atoms with Crippen molar-refractivity contribution in [3.8, 4) is 5.75 Å². The van der Waals surface area contributed by atoms with Gasteiger partial charge in [-0.15, -0.1) is 0 Å². The number of halogens is 2. The SMILES string of the molecule is CCCCNC(=O)C(C)N(Cc1c(Cl)cccc1Cl)C(=O)CN(c1ccc(OCc2ccccc2)cc1)S(C)(=O)=O. The number of hydrogen-bond acceptors (Lipinski definition) is 5. The number of benzene rings is 3. The normalized spacial score (nSPS) is 11.9. The number of ether oxygens (including phenoxy) is 1. The fraction of sp³-hybridized carbons (Fsp3) is 0.333. The van der Waals surface area contributed by atoms with Gasteiger partial charge in [0, 0.05) is 28.7 Å². The molecule has 41 heavy (non-hydrogen) atoms. The average Bonchev–Trinajstić information content (AvgIpc) is 2.94. The third kappa shape index (κ3) is 9.38. The molecule has 0 spiro atoms. The molecule has 1 N–H and O–H groups in total. The molecule has 0 fully saturated rings. The highest BCUT2D eigenvalue weighted by molar-refractivity contribution is 7.92. The van der Waals surface area contributed by atoms with Gasteiger partial charge in [0.2, 0.25) is 21.8 Å². The number of nitrogens with zero attached hydrogens (tertiary/aromatic N) is 2. The Morgan fingerprint density at radius 1 is 0.951 bits per heavy atom. The Balaban J connectivity index is 1.84. The van der Waals surface area contributed by atoms with Gasteiger partial charge >= 0.3 is 0 Å². The molecule has 220 valence electrons. The van der Waals surface area contributed by atoms with E-state index in [1.807, 2.05) is 37.3 Å². The molecule has 0 aromatic heterocycles. The summed E-state index contributed by atoms with van der Waals surface area (Å²) in [5.74, 6) is -0.403. The molecule has 11 heteroatoms. The van der Waals surface area contributed by atoms with Crippen LogP contribution >= 0.6 is 23.2 Å². The maximum atomic E-state index is 13.7. The molecule has 3 aromatic rings. The second-order valence-corrected chi connectivity index (χ2v) is 12.3. The number of anilines is 1. The Bertz CT molecular complexity index is 1400. The standard InChI is InChI=1S/C30H35Cl2N3O5S/c1-4-5-18-33-30(37)22(2)34(19-26-27(31)12-9-13-28(26)32)29(36)20-35(41(3,38)39)24-14-16-25(17-15-24)40-21-23-10-7-6-8-11-23/h6-17,22H,4-5,18-21H2,1-3H3,(H,33,37). The second-order valence-electron chi connectivity index (χ2n) is 9.58. The van der Waals surface area contributed by atoms with Crippen LogP contribution in [0.25, 0.3) is 0 Å². The van der Waals surface area contributed by atoms with Crippen LogP contribution in [-0.2, 0) is 32.8 Å². The molecule has 0 radical (unpaired) electrons. The number of carbonyl (C=O) groups excluding carboxylic acids is 2. The predicted octanol–water partition coefficient (Wildman–Crippen LogP) is 5.67. The smallest absolute Gasteiger partial charge is 0.244 e. The van der Waals surface area contributed by atoms with E-state index in [4.69, 9.17) is 27.9 Å². The number of hydrogen-bond donors (Lipinski definition) is 1. The third-order valence-electron chi connectivity index (χ3n) is 6.44. The lowest BCUT2D eigenvalue weighted by Crippen LogP contribution is -2.51. The molecule has 0 saturated carbocycles. The summed E-state index contributed by atoms with van der Waals surface area (Å²) in [6.07, 6.45) is 2.71. The van der Waals surface area contributed by atoms with Gasteiger partial charge < -0.3 is 15.0 Å². The molecule has 2 amide bonds. The summed E-state index contributed by atoms with van der Waals surface area (Å²) in [5.41, 5.74) is 1.73. The first-order valence-corrected chi connectivity index (χ1v) is 15.9. The van der Waals surface area contributed by atoms with Crippen LogP contribution in [0.4, 0.5) is 5.69 Å². The van der Waals surface area contributed by atoms with Crippen LogP contribution in [0.15, 0.2) is 72.8 Å². The van der Waals surface area contributed by atoms with E-state index in [1.54, 1.807) is 49.4 Å². The lowest BCUT2D eigenvalue weighted by molar-refractivity contribution is -0.139. The maximum absolute atomic E-state index is 13.7. The number of amides is 2. The minimum atomic E-state index is -3.88. The van der Waals surface area contributed by atoms with Gasteiger partial charge in [-0.3, -0.25) is 13.9 Å². The monoisotopic (exact) mass is 619 g/mol. The number of nitrogens with one attached hydrogen (secondary N) is 1. The molecule has 0 heterocycles. The van der Waals surface area contributed by atoms with Crippen molar-refractivity contribution in [2.45, 2.75) is 45.9 Å². The molecule has 0 saturated heterocycles. The highest BCUT2D eigenvalue weighted by Gasteiger charge is 2.31. The second kappa shape index (κ2) is 15.1. The van der Waals surface area contributed by atoms with Crippen molar-refractivity contribution in [2.24, 2.45) is 0 Å². The van der Waals surface area contributed by atoms with E-state index in [-0.39, 0.29) is 18.1 Å². The highest BCUT2D eigenvalue weighted by Crippen LogP contribution is 2.27. The largest absolute Gasteiger partial charge is 0.489 e. The molecule has 0 aliphatic heterocycles. The van der Waals surface area contributed by atoms with E-state index < -0.39 is 28.5 Å². The summed E-state index contributed by atoms with van der Waals surface area (Å²) in [4.78, 5) is 28.0. The first-order chi connectivity index (χ1) is 19.5. The first kappa shape index (κ1) is 32.2. The van der Waals surface area contributed by atoms with Crippen molar-refractivity contribution in [2.75, 3.05) is 23.7 Å². The topological polar surface area (TPSA) is 96.0 Å². The first-order valence-electron chi connectivity index (χ1n) is 13.3. The van der Waals surface area contributed by atoms with Crippen LogP contribution in [0, 0.1) is 0 Å². The Labute approximate surface area is 252 Å². The Hall–Kier alpha value is -3.27. The minimum Gasteiger partial charge on any atom is -0.489 e. The van der Waals surface area contributed by atoms with Gasteiger partial charge in [-0.1, -0.05) is 72.9 Å². The fourth-order valence-electron chi connectivity index (χ4n) is 4.04. The summed E-state index contributed by atoms with van der Waals surface area (Å²) in [5, 5.41) is 3.50. The van der Waals surface area contributed by atoms with Crippen LogP contribution in [0.2, 0.25) is 10.0 Å². The lowest BCUT2D eigenvalue weighted by Gasteiger charge is -2.32. The molecular formula is C30H35Cl2N3O5S. The van der Waals surface area contributed by atoms with Gasteiger partial charge in [0.15, 0.2) is 0 Å². The molecule has 1 atom stereocenters. The van der Waals surface area contributed by atoms with E-state index in [9.17, 15) is 18.0 Å². The maximum Gasteiger partial charge on any atom is 0.244 e. The van der Waals surface area contributed by atoms with Gasteiger partial charge in [-0.25, -0.2) is 8.42 Å². The van der Waals surface area contributed by atoms with E-state index in [2.05, 4.69) is 5.32 Å². The van der Waals surface area contributed by atoms with Crippen molar-refractivity contribution in [1.82, 2.24) is 10.2 Å². The van der Waals surface area contributed by atoms with Crippen molar-refractivity contribution < 1.29 is 22.7 Å². The van der Waals surface area contributed by atoms with Crippen LogP contribution in [0.5, 0.6) is 5.75 Å². The molecule has 3 aromatic carbocycles. The van der Waals surface area contributed by atoms with Crippen molar-refractivity contribution in [3.05, 3.63) is 94.0 Å². The summed E-state index contributed by atoms with van der Waals surface area (Å²) in [7, 11) is -3.88. The van der Waals surface area contributed by atoms with E-state index in [0.29, 0.717) is 34.5 Å². The zero-order valence-corrected chi connectivity index (χ0v) is 25.7. The highest BCUT2D eigenvalue weighted by atomic mass is 35.5. The van der Waals surface area contributed by atoms with Crippen molar-refractivity contribution in [3.63, 3.8) is 0 Å². The van der Waals surface area contributed by atoms with Gasteiger partial charge in [-0.05, 0) is 55.3 Å². The molecule has 3 rings (SSSR count). The quantitative estimate of drug-likeness (QED) is 0.234. The van der Waals surface area contributed by atoms with E-state index >= 15 is 0 Å². The van der Waals surface area contributed by atoms with Gasteiger partial charge in [0.05, 0.1) is 11.9 Å². The predicted molar refractivity (Wildman–Crippen MR) is 164 cm³/mol. The van der Waals surface area contributed by atoms with Crippen LogP contribution in [-0.4, -0.2) is 50.5 Å². The Morgan fingerprint density at radius 2 is 1.59 bits per heavy atom. The minimum absolute atomic E-state index is 0.0798. The molecule has 0 bridgehead atoms. The fourth-order valence-corrected chi connectivity index (χ4v) is 5.40. The zero-order valence-electron chi connectivity index (χ0n) is 23.3. The third-order valence-corrected chi connectivity index (χ3v) is 8.29. The number of sulfonamides is 1. The van der Waals surface area contributed by atoms with Gasteiger partial charge in [-0.2, -0.15) is 0 Å². The summed E-state index contributed by atoms with van der Waals surface area (Å²) in [6, 6.07) is 20.1. The van der Waals surface area contributed by atoms with E-state index in [0.717, 1.165) is 29.0 Å². The summed E-state index contributed by atoms with van der Waals surface area (Å²) < 4.78 is 32.5. The lowest BCUT2D eigenvalue weighted by atomic mass is 10.1. The molecule has 1 unspecified atom stereocenters. The Morgan fingerprint density at radius 3 is 2.17 bits per heavy atom. The van der Waals surface area contributed by atoms with Crippen LogP contribution in [0.3, 0.4) is 0 Å². The zero-order chi connectivity index (χ0) is 30.0. The average molecular weight is 621 g/mol. The van der Waals surface area contributed by atoms with Crippen LogP contribution < -0.4 is 14.4 Å². The molecular weight excluding hydrogens is 585 g/mol. The molecule has 0 aliphatic carbocycles. The van der Waals surface area contributed by atoms with Gasteiger partial charge in [0.25, 0.3) is 0 Å². The number of unbranched alkanes of at least 4 members (excludes halogenated alkanes) is 1. The van der Waals surface area contributed by atoms with Crippen LogP contribution in [0.1, 0.15) is 37.8 Å². The number of carbonyl (C=O) groups is 2. The van der Waals surface area contributed by atoms with Crippen molar-refractivity contribution >= 4 is 50.7 Å². The summed E-state index contributed by atoms with van der Waals surface area (Å²) >= 11 is 12.8. The summed E-state index contributed by atoms with van der Waals surface area (Å²) in [6.45, 7) is 3.80. The van der Waals surface area contributed by atoms with Crippen molar-refractivity contribution in [1.29, 1.82) is 0 Å². The van der Waals surface area contributed by atoms with Gasteiger partial charge in [0.1, 0.15) is 24.9 Å². The Kier molecular flexibility index (Phi) is 11.9. The number of rotatable bonds is 14. The van der Waals surface area contributed by atoms with E-state index in [1.165, 1.54) is 4.90 Å².